The molecule has 2 N–H and O–H groups in total. The molecule has 3 aromatic heterocycles. The van der Waals surface area contributed by atoms with E-state index in [9.17, 15) is 14.7 Å². The fourth-order valence-electron chi connectivity index (χ4n) is 4.49. The van der Waals surface area contributed by atoms with Gasteiger partial charge in [-0.1, -0.05) is 19.9 Å². The molecule has 0 spiro atoms. The fourth-order valence-corrected chi connectivity index (χ4v) is 5.29. The molecule has 10 nitrogen and oxygen atoms in total. The molecule has 1 fully saturated rings. The van der Waals surface area contributed by atoms with E-state index < -0.39 is 18.1 Å². The van der Waals surface area contributed by atoms with Gasteiger partial charge in [0, 0.05) is 30.8 Å². The van der Waals surface area contributed by atoms with Gasteiger partial charge in [0.1, 0.15) is 12.0 Å². The number of pyridine rings is 1. The predicted molar refractivity (Wildman–Crippen MR) is 133 cm³/mol. The number of hydrogen-bond donors (Lipinski definition) is 2. The average Bonchev–Trinajstić information content (AvgIpc) is 3.58. The zero-order chi connectivity index (χ0) is 26.0. The predicted octanol–water partition coefficient (Wildman–Crippen LogP) is 3.09. The highest BCUT2D eigenvalue weighted by molar-refractivity contribution is 7.13. The van der Waals surface area contributed by atoms with Crippen LogP contribution in [0.3, 0.4) is 0 Å². The fraction of sp³-hybridized carbons (Fsp3) is 0.480. The van der Waals surface area contributed by atoms with Crippen molar-refractivity contribution in [2.75, 3.05) is 13.7 Å². The van der Waals surface area contributed by atoms with Gasteiger partial charge in [0.2, 0.25) is 11.8 Å². The molecule has 0 bridgehead atoms. The third-order valence-corrected chi connectivity index (χ3v) is 7.39. The van der Waals surface area contributed by atoms with Crippen LogP contribution in [0.15, 0.2) is 34.4 Å². The van der Waals surface area contributed by atoms with E-state index in [4.69, 9.17) is 9.26 Å². The first-order chi connectivity index (χ1) is 17.2. The minimum Gasteiger partial charge on any atom is -0.479 e. The molecule has 0 radical (unpaired) electrons. The van der Waals surface area contributed by atoms with E-state index in [1.165, 1.54) is 12.0 Å². The molecule has 11 heteroatoms. The van der Waals surface area contributed by atoms with Gasteiger partial charge in [0.25, 0.3) is 5.88 Å². The van der Waals surface area contributed by atoms with Crippen molar-refractivity contribution in [2.24, 2.45) is 5.92 Å². The van der Waals surface area contributed by atoms with E-state index in [1.54, 1.807) is 29.1 Å². The zero-order valence-corrected chi connectivity index (χ0v) is 21.8. The standard InChI is InChI=1S/C25H31N5O5S/c1-13(2)22(20-9-21(34-5)29-35-20)25(33)30-11-17(31)8-19(30)24(32)28-14(3)18-7-6-16(10-26-18)23-15(4)27-12-36-23/h6-7,9-10,12-14,17,19,22,31H,8,11H2,1-5H3,(H,28,32)/t14-,17+,19-,22?/m0/s1. The number of likely N-dealkylation sites (tertiary alicyclic amines) is 1. The maximum atomic E-state index is 13.6. The number of carbonyl (C=O) groups is 2. The van der Waals surface area contributed by atoms with Crippen molar-refractivity contribution in [3.63, 3.8) is 0 Å². The number of ether oxygens (including phenoxy) is 1. The molecule has 1 aliphatic rings. The van der Waals surface area contributed by atoms with Crippen LogP contribution in [0.1, 0.15) is 56.3 Å². The van der Waals surface area contributed by atoms with E-state index in [1.807, 2.05) is 39.8 Å². The van der Waals surface area contributed by atoms with Crippen LogP contribution in [0.5, 0.6) is 5.88 Å². The molecule has 0 aromatic carbocycles. The summed E-state index contributed by atoms with van der Waals surface area (Å²) in [7, 11) is 1.47. The lowest BCUT2D eigenvalue weighted by atomic mass is 9.91. The summed E-state index contributed by atoms with van der Waals surface area (Å²) in [4.78, 5) is 38.1. The molecule has 1 saturated heterocycles. The van der Waals surface area contributed by atoms with Gasteiger partial charge >= 0.3 is 0 Å². The topological polar surface area (TPSA) is 131 Å². The third kappa shape index (κ3) is 5.26. The largest absolute Gasteiger partial charge is 0.479 e. The molecule has 4 rings (SSSR count). The molecule has 0 aliphatic carbocycles. The maximum absolute atomic E-state index is 13.6. The minimum absolute atomic E-state index is 0.0704. The molecular weight excluding hydrogens is 482 g/mol. The van der Waals surface area contributed by atoms with Gasteiger partial charge in [0.05, 0.1) is 41.0 Å². The Morgan fingerprint density at radius 2 is 2.06 bits per heavy atom. The van der Waals surface area contributed by atoms with E-state index >= 15 is 0 Å². The Morgan fingerprint density at radius 3 is 2.64 bits per heavy atom. The van der Waals surface area contributed by atoms with Gasteiger partial charge in [-0.2, -0.15) is 0 Å². The van der Waals surface area contributed by atoms with E-state index in [0.717, 1.165) is 16.1 Å². The Morgan fingerprint density at radius 1 is 1.28 bits per heavy atom. The molecule has 3 aromatic rings. The lowest BCUT2D eigenvalue weighted by Gasteiger charge is -2.29. The monoisotopic (exact) mass is 513 g/mol. The van der Waals surface area contributed by atoms with Crippen LogP contribution < -0.4 is 10.1 Å². The number of hydrogen-bond acceptors (Lipinski definition) is 9. The number of aromatic nitrogens is 3. The SMILES string of the molecule is COc1cc(C(C(=O)N2C[C@H](O)C[C@H]2C(=O)N[C@@H](C)c2ccc(-c3scnc3C)cn2)C(C)C)on1. The van der Waals surface area contributed by atoms with Crippen LogP contribution in [0.2, 0.25) is 0 Å². The first-order valence-electron chi connectivity index (χ1n) is 11.9. The molecule has 1 unspecified atom stereocenters. The van der Waals surface area contributed by atoms with E-state index in [2.05, 4.69) is 20.4 Å². The van der Waals surface area contributed by atoms with Crippen LogP contribution in [-0.4, -0.2) is 62.7 Å². The highest BCUT2D eigenvalue weighted by Gasteiger charge is 2.43. The molecule has 4 heterocycles. The summed E-state index contributed by atoms with van der Waals surface area (Å²) >= 11 is 1.55. The smallest absolute Gasteiger partial charge is 0.254 e. The summed E-state index contributed by atoms with van der Waals surface area (Å²) < 4.78 is 10.4. The third-order valence-electron chi connectivity index (χ3n) is 6.42. The Balaban J connectivity index is 1.47. The molecule has 0 saturated carbocycles. The highest BCUT2D eigenvalue weighted by atomic mass is 32.1. The van der Waals surface area contributed by atoms with Crippen molar-refractivity contribution in [3.05, 3.63) is 47.1 Å². The Hall–Kier alpha value is -3.31. The van der Waals surface area contributed by atoms with Crippen molar-refractivity contribution in [2.45, 2.75) is 58.2 Å². The quantitative estimate of drug-likeness (QED) is 0.470. The Kier molecular flexibility index (Phi) is 7.70. The van der Waals surface area contributed by atoms with Crippen molar-refractivity contribution in [1.82, 2.24) is 25.3 Å². The molecule has 36 heavy (non-hydrogen) atoms. The van der Waals surface area contributed by atoms with Crippen LogP contribution in [0.25, 0.3) is 10.4 Å². The molecule has 4 atom stereocenters. The van der Waals surface area contributed by atoms with E-state index in [-0.39, 0.29) is 42.6 Å². The average molecular weight is 514 g/mol. The van der Waals surface area contributed by atoms with Crippen molar-refractivity contribution >= 4 is 23.2 Å². The van der Waals surface area contributed by atoms with Gasteiger partial charge in [-0.15, -0.1) is 11.3 Å². The van der Waals surface area contributed by atoms with Crippen molar-refractivity contribution in [3.8, 4) is 16.3 Å². The highest BCUT2D eigenvalue weighted by Crippen LogP contribution is 2.32. The number of methoxy groups -OCH3 is 1. The maximum Gasteiger partial charge on any atom is 0.254 e. The number of nitrogens with zero attached hydrogens (tertiary/aromatic N) is 4. The number of nitrogens with one attached hydrogen (secondary N) is 1. The van der Waals surface area contributed by atoms with Crippen LogP contribution in [-0.2, 0) is 9.59 Å². The summed E-state index contributed by atoms with van der Waals surface area (Å²) in [5.41, 5.74) is 4.41. The van der Waals surface area contributed by atoms with Gasteiger partial charge in [-0.3, -0.25) is 14.6 Å². The normalized spacial score (nSPS) is 19.4. The number of aliphatic hydroxyl groups is 1. The lowest BCUT2D eigenvalue weighted by Crippen LogP contribution is -2.48. The van der Waals surface area contributed by atoms with E-state index in [0.29, 0.717) is 11.5 Å². The summed E-state index contributed by atoms with van der Waals surface area (Å²) in [6, 6.07) is 4.22. The zero-order valence-electron chi connectivity index (χ0n) is 21.0. The molecular formula is C25H31N5O5S. The Labute approximate surface area is 213 Å². The van der Waals surface area contributed by atoms with Crippen molar-refractivity contribution < 1.29 is 24.0 Å². The Bertz CT molecular complexity index is 1210. The number of aryl methyl sites for hydroxylation is 1. The summed E-state index contributed by atoms with van der Waals surface area (Å²) in [6.07, 6.45) is 1.13. The minimum atomic E-state index is -0.805. The van der Waals surface area contributed by atoms with Gasteiger partial charge < -0.3 is 24.6 Å². The van der Waals surface area contributed by atoms with Gasteiger partial charge in [-0.05, 0) is 31.0 Å². The second-order valence-corrected chi connectivity index (χ2v) is 10.2. The summed E-state index contributed by atoms with van der Waals surface area (Å²) in [6.45, 7) is 7.65. The lowest BCUT2D eigenvalue weighted by molar-refractivity contribution is -0.141. The first-order valence-corrected chi connectivity index (χ1v) is 12.7. The number of amides is 2. The number of β-amino-alcohol motifs (C(OH)–C–C–N with tert-alkyl or cyclic N) is 1. The summed E-state index contributed by atoms with van der Waals surface area (Å²) in [5, 5.41) is 17.1. The molecule has 192 valence electrons. The molecule has 1 aliphatic heterocycles. The second kappa shape index (κ2) is 10.8. The first kappa shape index (κ1) is 25.8. The molecule has 2 amide bonds. The van der Waals surface area contributed by atoms with Crippen LogP contribution >= 0.6 is 11.3 Å². The number of rotatable bonds is 8. The van der Waals surface area contributed by atoms with Gasteiger partial charge in [0.15, 0.2) is 5.76 Å². The van der Waals surface area contributed by atoms with Crippen LogP contribution in [0.4, 0.5) is 0 Å². The number of thiazole rings is 1. The number of carbonyl (C=O) groups excluding carboxylic acids is 2. The summed E-state index contributed by atoms with van der Waals surface area (Å²) in [5.74, 6) is -0.785. The second-order valence-electron chi connectivity index (χ2n) is 9.36. The van der Waals surface area contributed by atoms with Crippen molar-refractivity contribution in [1.29, 1.82) is 0 Å². The number of aliphatic hydroxyl groups excluding tert-OH is 1. The van der Waals surface area contributed by atoms with Gasteiger partial charge in [-0.25, -0.2) is 4.98 Å². The van der Waals surface area contributed by atoms with Crippen LogP contribution in [0, 0.1) is 12.8 Å².